The summed E-state index contributed by atoms with van der Waals surface area (Å²) in [5.41, 5.74) is 6.12. The summed E-state index contributed by atoms with van der Waals surface area (Å²) in [7, 11) is -5.91. The van der Waals surface area contributed by atoms with Crippen LogP contribution >= 0.6 is 0 Å². The Balaban J connectivity index is 2.41. The van der Waals surface area contributed by atoms with E-state index in [0.717, 1.165) is 0 Å². The summed E-state index contributed by atoms with van der Waals surface area (Å²) in [6.45, 7) is 2.25. The fourth-order valence-electron chi connectivity index (χ4n) is 2.32. The fraction of sp³-hybridized carbons (Fsp3) is 0.500. The highest BCUT2D eigenvalue weighted by Gasteiger charge is 2.31. The highest BCUT2D eigenvalue weighted by atomic mass is 32.2. The number of nitrogens with zero attached hydrogens (tertiary/aromatic N) is 1. The van der Waals surface area contributed by atoms with Crippen molar-refractivity contribution >= 4 is 20.0 Å². The topological polar surface area (TPSA) is 110 Å². The molecule has 3 N–H and O–H groups in total. The van der Waals surface area contributed by atoms with Crippen LogP contribution in [0.3, 0.4) is 0 Å². The van der Waals surface area contributed by atoms with Crippen molar-refractivity contribution in [1.82, 2.24) is 9.03 Å². The maximum absolute atomic E-state index is 12.5. The zero-order valence-electron chi connectivity index (χ0n) is 11.9. The molecule has 9 heteroatoms. The molecule has 1 aliphatic rings. The van der Waals surface area contributed by atoms with Crippen molar-refractivity contribution in [3.63, 3.8) is 0 Å². The number of hydrogen-bond donors (Lipinski definition) is 2. The van der Waals surface area contributed by atoms with Gasteiger partial charge in [0.25, 0.3) is 0 Å². The minimum absolute atomic E-state index is 0.0714. The Kier molecular flexibility index (Phi) is 4.41. The van der Waals surface area contributed by atoms with Crippen molar-refractivity contribution in [2.45, 2.75) is 29.2 Å². The van der Waals surface area contributed by atoms with Crippen LogP contribution < -0.4 is 10.5 Å². The third kappa shape index (κ3) is 3.11. The second kappa shape index (κ2) is 5.65. The molecule has 1 aromatic carbocycles. The van der Waals surface area contributed by atoms with Crippen LogP contribution in [0.5, 0.6) is 0 Å². The van der Waals surface area contributed by atoms with Crippen molar-refractivity contribution in [2.75, 3.05) is 20.1 Å². The largest absolute Gasteiger partial charge is 0.326 e. The molecule has 0 aromatic heterocycles. The van der Waals surface area contributed by atoms with Gasteiger partial charge in [-0.15, -0.1) is 0 Å². The lowest BCUT2D eigenvalue weighted by molar-refractivity contribution is 0.472. The molecule has 2 rings (SSSR count). The van der Waals surface area contributed by atoms with Gasteiger partial charge in [-0.3, -0.25) is 0 Å². The molecule has 7 nitrogen and oxygen atoms in total. The molecule has 1 atom stereocenters. The van der Waals surface area contributed by atoms with E-state index in [2.05, 4.69) is 4.72 Å². The van der Waals surface area contributed by atoms with Crippen molar-refractivity contribution in [1.29, 1.82) is 0 Å². The first kappa shape index (κ1) is 16.4. The Morgan fingerprint density at radius 3 is 2.43 bits per heavy atom. The van der Waals surface area contributed by atoms with E-state index in [0.29, 0.717) is 18.5 Å². The lowest BCUT2D eigenvalue weighted by Gasteiger charge is -2.17. The first-order valence-electron chi connectivity index (χ1n) is 6.48. The quantitative estimate of drug-likeness (QED) is 0.781. The molecule has 0 spiro atoms. The van der Waals surface area contributed by atoms with Crippen molar-refractivity contribution in [3.05, 3.63) is 23.8 Å². The van der Waals surface area contributed by atoms with Crippen LogP contribution in [0.4, 0.5) is 0 Å². The predicted octanol–water partition coefficient (Wildman–Crippen LogP) is -0.375. The van der Waals surface area contributed by atoms with Gasteiger partial charge in [0.05, 0.1) is 9.79 Å². The first-order chi connectivity index (χ1) is 9.68. The third-order valence-corrected chi connectivity index (χ3v) is 6.97. The average molecular weight is 333 g/mol. The van der Waals surface area contributed by atoms with E-state index in [1.54, 1.807) is 6.92 Å². The summed E-state index contributed by atoms with van der Waals surface area (Å²) >= 11 is 0. The summed E-state index contributed by atoms with van der Waals surface area (Å²) in [6.07, 6.45) is 0.629. The molecular formula is C12H19N3O4S2. The number of aryl methyl sites for hydroxylation is 1. The SMILES string of the molecule is CNS(=O)(=O)c1ccc(S(=O)(=O)N2CC[C@@H](N)C2)cc1C. The van der Waals surface area contributed by atoms with Gasteiger partial charge < -0.3 is 5.73 Å². The number of sulfonamides is 2. The van der Waals surface area contributed by atoms with Crippen molar-refractivity contribution in [2.24, 2.45) is 5.73 Å². The standard InChI is InChI=1S/C12H19N3O4S2/c1-9-7-11(3-4-12(9)20(16,17)14-2)21(18,19)15-6-5-10(13)8-15/h3-4,7,10,14H,5-6,8,13H2,1-2H3/t10-/m1/s1. The molecule has 0 radical (unpaired) electrons. The molecule has 21 heavy (non-hydrogen) atoms. The molecule has 0 aliphatic carbocycles. The predicted molar refractivity (Wildman–Crippen MR) is 78.8 cm³/mol. The van der Waals surface area contributed by atoms with Gasteiger partial charge in [-0.2, -0.15) is 4.31 Å². The average Bonchev–Trinajstić information content (AvgIpc) is 2.85. The van der Waals surface area contributed by atoms with Gasteiger partial charge in [-0.05, 0) is 44.2 Å². The van der Waals surface area contributed by atoms with E-state index in [1.165, 1.54) is 29.6 Å². The van der Waals surface area contributed by atoms with E-state index in [-0.39, 0.29) is 22.4 Å². The van der Waals surface area contributed by atoms with Crippen LogP contribution in [0, 0.1) is 6.92 Å². The zero-order valence-corrected chi connectivity index (χ0v) is 13.5. The molecule has 0 unspecified atom stereocenters. The van der Waals surface area contributed by atoms with Crippen molar-refractivity contribution in [3.8, 4) is 0 Å². The molecule has 0 amide bonds. The van der Waals surface area contributed by atoms with Gasteiger partial charge in [0, 0.05) is 19.1 Å². The number of nitrogens with one attached hydrogen (secondary N) is 1. The first-order valence-corrected chi connectivity index (χ1v) is 9.41. The van der Waals surface area contributed by atoms with Crippen LogP contribution in [0.2, 0.25) is 0 Å². The Labute approximate surface area is 125 Å². The molecule has 1 aliphatic heterocycles. The fourth-order valence-corrected chi connectivity index (χ4v) is 4.86. The number of hydrogen-bond acceptors (Lipinski definition) is 5. The van der Waals surface area contributed by atoms with Crippen LogP contribution in [0.1, 0.15) is 12.0 Å². The van der Waals surface area contributed by atoms with Gasteiger partial charge in [0.2, 0.25) is 20.0 Å². The van der Waals surface area contributed by atoms with E-state index in [1.807, 2.05) is 0 Å². The molecule has 0 saturated carbocycles. The van der Waals surface area contributed by atoms with E-state index >= 15 is 0 Å². The Morgan fingerprint density at radius 2 is 1.95 bits per heavy atom. The molecule has 118 valence electrons. The lowest BCUT2D eigenvalue weighted by Crippen LogP contribution is -2.32. The van der Waals surface area contributed by atoms with Gasteiger partial charge in [0.15, 0.2) is 0 Å². The summed E-state index contributed by atoms with van der Waals surface area (Å²) in [6, 6.07) is 3.86. The third-order valence-electron chi connectivity index (χ3n) is 3.53. The maximum atomic E-state index is 12.5. The minimum Gasteiger partial charge on any atom is -0.326 e. The summed E-state index contributed by atoms with van der Waals surface area (Å²) < 4.78 is 52.1. The second-order valence-electron chi connectivity index (χ2n) is 5.05. The minimum atomic E-state index is -3.62. The number of benzene rings is 1. The smallest absolute Gasteiger partial charge is 0.243 e. The summed E-state index contributed by atoms with van der Waals surface area (Å²) in [4.78, 5) is 0.159. The molecule has 0 bridgehead atoms. The van der Waals surface area contributed by atoms with Crippen LogP contribution in [-0.2, 0) is 20.0 Å². The van der Waals surface area contributed by atoms with Crippen LogP contribution in [-0.4, -0.2) is 47.3 Å². The normalized spacial score (nSPS) is 20.8. The lowest BCUT2D eigenvalue weighted by atomic mass is 10.2. The molecule has 1 saturated heterocycles. The van der Waals surface area contributed by atoms with Gasteiger partial charge in [0.1, 0.15) is 0 Å². The second-order valence-corrected chi connectivity index (χ2v) is 8.84. The Morgan fingerprint density at radius 1 is 1.29 bits per heavy atom. The summed E-state index contributed by atoms with van der Waals surface area (Å²) in [5.74, 6) is 0. The highest BCUT2D eigenvalue weighted by Crippen LogP contribution is 2.24. The van der Waals surface area contributed by atoms with E-state index < -0.39 is 20.0 Å². The summed E-state index contributed by atoms with van der Waals surface area (Å²) in [5, 5.41) is 0. The van der Waals surface area contributed by atoms with E-state index in [9.17, 15) is 16.8 Å². The Bertz CT molecular complexity index is 744. The number of rotatable bonds is 4. The van der Waals surface area contributed by atoms with Gasteiger partial charge >= 0.3 is 0 Å². The number of nitrogens with two attached hydrogens (primary N) is 1. The molecule has 1 heterocycles. The molecule has 1 fully saturated rings. The van der Waals surface area contributed by atoms with E-state index in [4.69, 9.17) is 5.73 Å². The molecular weight excluding hydrogens is 314 g/mol. The maximum Gasteiger partial charge on any atom is 0.243 e. The van der Waals surface area contributed by atoms with Crippen LogP contribution in [0.15, 0.2) is 28.0 Å². The van der Waals surface area contributed by atoms with Crippen molar-refractivity contribution < 1.29 is 16.8 Å². The van der Waals surface area contributed by atoms with Crippen LogP contribution in [0.25, 0.3) is 0 Å². The van der Waals surface area contributed by atoms with Gasteiger partial charge in [-0.25, -0.2) is 21.6 Å². The molecule has 1 aromatic rings. The highest BCUT2D eigenvalue weighted by molar-refractivity contribution is 7.89. The Hall–Kier alpha value is -1.00. The monoisotopic (exact) mass is 333 g/mol. The zero-order chi connectivity index (χ0) is 15.8. The van der Waals surface area contributed by atoms with Gasteiger partial charge in [-0.1, -0.05) is 0 Å².